The number of carboxylic acid groups (broad SMARTS) is 1. The summed E-state index contributed by atoms with van der Waals surface area (Å²) < 4.78 is 0. The molecule has 1 aromatic carbocycles. The molecular formula is C16H20N2O3. The van der Waals surface area contributed by atoms with E-state index < -0.39 is 11.9 Å². The molecule has 0 radical (unpaired) electrons. The fourth-order valence-electron chi connectivity index (χ4n) is 3.43. The quantitative estimate of drug-likeness (QED) is 0.782. The summed E-state index contributed by atoms with van der Waals surface area (Å²) in [5.41, 5.74) is 2.20. The first-order valence-corrected chi connectivity index (χ1v) is 7.51. The second-order valence-electron chi connectivity index (χ2n) is 5.83. The van der Waals surface area contributed by atoms with Gasteiger partial charge in [-0.25, -0.2) is 0 Å². The third-order valence-electron chi connectivity index (χ3n) is 4.53. The lowest BCUT2D eigenvalue weighted by Gasteiger charge is -2.28. The number of hydrogen-bond donors (Lipinski definition) is 3. The number of carbonyl (C=O) groups excluding carboxylic acids is 1. The van der Waals surface area contributed by atoms with E-state index in [1.54, 1.807) is 0 Å². The highest BCUT2D eigenvalue weighted by Gasteiger charge is 2.36. The standard InChI is InChI=1S/C16H20N2O3/c19-15(18-13-7-3-6-12(13)16(20)21)14-11-5-2-1-4-10(11)8-9-17-14/h1-2,4-5,12-14,17H,3,6-9H2,(H,18,19)(H,20,21). The Hall–Kier alpha value is -1.88. The SMILES string of the molecule is O=C(NC1CCCC1C(=O)O)C1NCCc2ccccc21. The smallest absolute Gasteiger partial charge is 0.308 e. The molecule has 0 bridgehead atoms. The highest BCUT2D eigenvalue weighted by Crippen LogP contribution is 2.28. The third kappa shape index (κ3) is 2.78. The molecule has 3 N–H and O–H groups in total. The van der Waals surface area contributed by atoms with E-state index in [2.05, 4.69) is 10.6 Å². The van der Waals surface area contributed by atoms with Crippen molar-refractivity contribution in [3.05, 3.63) is 35.4 Å². The van der Waals surface area contributed by atoms with Gasteiger partial charge in [0.1, 0.15) is 6.04 Å². The number of nitrogens with one attached hydrogen (secondary N) is 2. The Morgan fingerprint density at radius 1 is 1.24 bits per heavy atom. The topological polar surface area (TPSA) is 78.4 Å². The molecule has 21 heavy (non-hydrogen) atoms. The van der Waals surface area contributed by atoms with Crippen LogP contribution in [0.2, 0.25) is 0 Å². The first-order chi connectivity index (χ1) is 10.2. The van der Waals surface area contributed by atoms with E-state index in [0.717, 1.165) is 31.4 Å². The first kappa shape index (κ1) is 14.1. The van der Waals surface area contributed by atoms with Crippen LogP contribution in [0.1, 0.15) is 36.4 Å². The Kier molecular flexibility index (Phi) is 3.92. The fourth-order valence-corrected chi connectivity index (χ4v) is 3.43. The van der Waals surface area contributed by atoms with Gasteiger partial charge in [-0.3, -0.25) is 9.59 Å². The summed E-state index contributed by atoms with van der Waals surface area (Å²) in [5, 5.41) is 15.4. The van der Waals surface area contributed by atoms with Gasteiger partial charge in [0, 0.05) is 12.6 Å². The number of hydrogen-bond acceptors (Lipinski definition) is 3. The van der Waals surface area contributed by atoms with Gasteiger partial charge in [-0.05, 0) is 30.4 Å². The number of benzene rings is 1. The van der Waals surface area contributed by atoms with Crippen LogP contribution in [0.25, 0.3) is 0 Å². The molecule has 3 rings (SSSR count). The lowest BCUT2D eigenvalue weighted by molar-refractivity contribution is -0.142. The molecule has 5 heteroatoms. The van der Waals surface area contributed by atoms with Gasteiger partial charge in [-0.15, -0.1) is 0 Å². The van der Waals surface area contributed by atoms with Crippen LogP contribution in [-0.4, -0.2) is 29.6 Å². The molecule has 1 fully saturated rings. The summed E-state index contributed by atoms with van der Waals surface area (Å²) in [7, 11) is 0. The average molecular weight is 288 g/mol. The van der Waals surface area contributed by atoms with Crippen molar-refractivity contribution in [3.8, 4) is 0 Å². The van der Waals surface area contributed by atoms with E-state index in [0.29, 0.717) is 6.42 Å². The minimum Gasteiger partial charge on any atom is -0.481 e. The summed E-state index contributed by atoms with van der Waals surface area (Å²) in [6.45, 7) is 0.766. The molecule has 0 saturated heterocycles. The molecule has 1 aliphatic heterocycles. The summed E-state index contributed by atoms with van der Waals surface area (Å²) in [6, 6.07) is 7.32. The summed E-state index contributed by atoms with van der Waals surface area (Å²) in [4.78, 5) is 23.7. The van der Waals surface area contributed by atoms with E-state index >= 15 is 0 Å². The largest absolute Gasteiger partial charge is 0.481 e. The minimum atomic E-state index is -0.810. The molecule has 3 atom stereocenters. The zero-order valence-corrected chi connectivity index (χ0v) is 11.8. The lowest BCUT2D eigenvalue weighted by atomic mass is 9.93. The van der Waals surface area contributed by atoms with Gasteiger partial charge in [0.15, 0.2) is 0 Å². The van der Waals surface area contributed by atoms with Crippen molar-refractivity contribution in [2.24, 2.45) is 5.92 Å². The molecule has 1 aliphatic carbocycles. The van der Waals surface area contributed by atoms with Crippen LogP contribution >= 0.6 is 0 Å². The molecule has 112 valence electrons. The Labute approximate surface area is 123 Å². The van der Waals surface area contributed by atoms with E-state index in [1.807, 2.05) is 24.3 Å². The van der Waals surface area contributed by atoms with Crippen molar-refractivity contribution in [2.75, 3.05) is 6.54 Å². The zero-order chi connectivity index (χ0) is 14.8. The maximum atomic E-state index is 12.5. The monoisotopic (exact) mass is 288 g/mol. The summed E-state index contributed by atoms with van der Waals surface area (Å²) >= 11 is 0. The minimum absolute atomic E-state index is 0.111. The van der Waals surface area contributed by atoms with Gasteiger partial charge >= 0.3 is 5.97 Å². The van der Waals surface area contributed by atoms with Gasteiger partial charge in [-0.2, -0.15) is 0 Å². The van der Waals surface area contributed by atoms with Gasteiger partial charge in [0.2, 0.25) is 5.91 Å². The van der Waals surface area contributed by atoms with Gasteiger partial charge in [0.05, 0.1) is 5.92 Å². The van der Waals surface area contributed by atoms with Gasteiger partial charge < -0.3 is 15.7 Å². The van der Waals surface area contributed by atoms with Crippen molar-refractivity contribution in [1.29, 1.82) is 0 Å². The van der Waals surface area contributed by atoms with Crippen LogP contribution in [-0.2, 0) is 16.0 Å². The second kappa shape index (κ2) is 5.85. The highest BCUT2D eigenvalue weighted by molar-refractivity contribution is 5.85. The van der Waals surface area contributed by atoms with E-state index in [-0.39, 0.29) is 18.0 Å². The maximum Gasteiger partial charge on any atom is 0.308 e. The van der Waals surface area contributed by atoms with Crippen LogP contribution in [0.15, 0.2) is 24.3 Å². The van der Waals surface area contributed by atoms with E-state index in [4.69, 9.17) is 0 Å². The number of fused-ring (bicyclic) bond motifs is 1. The van der Waals surface area contributed by atoms with E-state index in [9.17, 15) is 14.7 Å². The van der Waals surface area contributed by atoms with Crippen LogP contribution in [0.5, 0.6) is 0 Å². The van der Waals surface area contributed by atoms with Crippen LogP contribution in [0.3, 0.4) is 0 Å². The Morgan fingerprint density at radius 2 is 2.05 bits per heavy atom. The summed E-state index contributed by atoms with van der Waals surface area (Å²) in [5.74, 6) is -1.37. The van der Waals surface area contributed by atoms with Crippen molar-refractivity contribution in [1.82, 2.24) is 10.6 Å². The van der Waals surface area contributed by atoms with Crippen molar-refractivity contribution in [2.45, 2.75) is 37.8 Å². The third-order valence-corrected chi connectivity index (χ3v) is 4.53. The normalized spacial score (nSPS) is 27.9. The molecule has 1 heterocycles. The number of rotatable bonds is 3. The predicted octanol–water partition coefficient (Wildman–Crippen LogP) is 1.24. The molecular weight excluding hydrogens is 268 g/mol. The molecule has 1 amide bonds. The van der Waals surface area contributed by atoms with Gasteiger partial charge in [0.25, 0.3) is 0 Å². The Morgan fingerprint density at radius 3 is 2.86 bits per heavy atom. The molecule has 3 unspecified atom stereocenters. The number of carboxylic acids is 1. The molecule has 1 saturated carbocycles. The molecule has 5 nitrogen and oxygen atoms in total. The average Bonchev–Trinajstić information content (AvgIpc) is 2.95. The van der Waals surface area contributed by atoms with Crippen molar-refractivity contribution >= 4 is 11.9 Å². The molecule has 2 aliphatic rings. The van der Waals surface area contributed by atoms with E-state index in [1.165, 1.54) is 5.56 Å². The maximum absolute atomic E-state index is 12.5. The molecule has 0 spiro atoms. The summed E-state index contributed by atoms with van der Waals surface area (Å²) in [6.07, 6.45) is 3.17. The van der Waals surface area contributed by atoms with Crippen LogP contribution < -0.4 is 10.6 Å². The molecule has 0 aromatic heterocycles. The Balaban J connectivity index is 1.73. The zero-order valence-electron chi connectivity index (χ0n) is 11.8. The fraction of sp³-hybridized carbons (Fsp3) is 0.500. The Bertz CT molecular complexity index is 558. The van der Waals surface area contributed by atoms with Crippen LogP contribution in [0, 0.1) is 5.92 Å². The van der Waals surface area contributed by atoms with Crippen molar-refractivity contribution < 1.29 is 14.7 Å². The highest BCUT2D eigenvalue weighted by atomic mass is 16.4. The molecule has 1 aromatic rings. The van der Waals surface area contributed by atoms with Gasteiger partial charge in [-0.1, -0.05) is 30.7 Å². The lowest BCUT2D eigenvalue weighted by Crippen LogP contribution is -2.47. The first-order valence-electron chi connectivity index (χ1n) is 7.51. The number of carbonyl (C=O) groups is 2. The second-order valence-corrected chi connectivity index (χ2v) is 5.83. The predicted molar refractivity (Wildman–Crippen MR) is 77.8 cm³/mol. The van der Waals surface area contributed by atoms with Crippen molar-refractivity contribution in [3.63, 3.8) is 0 Å². The van der Waals surface area contributed by atoms with Crippen LogP contribution in [0.4, 0.5) is 0 Å². The number of amides is 1. The number of aliphatic carboxylic acids is 1.